The standard InChI is InChI=1S/C19H18N2O6/c1-13(19(23)20-16-5-3-4-6-17(16)21(24)25)27-18(22)12-9-14-7-10-15(26-2)11-8-14/h3-13H,1-2H3,(H,20,23)/b12-9+/t13-/m1/s1. The van der Waals surface area contributed by atoms with Gasteiger partial charge in [-0.15, -0.1) is 0 Å². The van der Waals surface area contributed by atoms with Gasteiger partial charge in [0.2, 0.25) is 0 Å². The van der Waals surface area contributed by atoms with Crippen LogP contribution in [0.25, 0.3) is 6.08 Å². The van der Waals surface area contributed by atoms with E-state index in [1.165, 1.54) is 37.3 Å². The van der Waals surface area contributed by atoms with Crippen molar-refractivity contribution < 1.29 is 24.0 Å². The summed E-state index contributed by atoms with van der Waals surface area (Å²) >= 11 is 0. The van der Waals surface area contributed by atoms with Gasteiger partial charge in [0, 0.05) is 12.1 Å². The number of rotatable bonds is 7. The molecule has 0 aliphatic heterocycles. The lowest BCUT2D eigenvalue weighted by Gasteiger charge is -2.12. The van der Waals surface area contributed by atoms with Gasteiger partial charge in [0.15, 0.2) is 6.10 Å². The highest BCUT2D eigenvalue weighted by molar-refractivity contribution is 5.98. The molecule has 0 saturated heterocycles. The van der Waals surface area contributed by atoms with Crippen LogP contribution in [0.3, 0.4) is 0 Å². The van der Waals surface area contributed by atoms with Gasteiger partial charge in [-0.25, -0.2) is 4.79 Å². The number of nitrogens with zero attached hydrogens (tertiary/aromatic N) is 1. The Morgan fingerprint density at radius 1 is 1.15 bits per heavy atom. The molecular formula is C19H18N2O6. The highest BCUT2D eigenvalue weighted by atomic mass is 16.6. The molecule has 27 heavy (non-hydrogen) atoms. The average Bonchev–Trinajstić information content (AvgIpc) is 2.67. The summed E-state index contributed by atoms with van der Waals surface area (Å²) in [4.78, 5) is 34.3. The molecule has 1 atom stereocenters. The zero-order chi connectivity index (χ0) is 19.8. The third kappa shape index (κ3) is 5.67. The van der Waals surface area contributed by atoms with Crippen LogP contribution in [-0.4, -0.2) is 30.0 Å². The van der Waals surface area contributed by atoms with E-state index in [4.69, 9.17) is 9.47 Å². The Balaban J connectivity index is 1.94. The number of nitro groups is 1. The van der Waals surface area contributed by atoms with Crippen molar-refractivity contribution in [3.8, 4) is 5.75 Å². The van der Waals surface area contributed by atoms with Gasteiger partial charge in [0.05, 0.1) is 12.0 Å². The van der Waals surface area contributed by atoms with Crippen molar-refractivity contribution in [1.82, 2.24) is 0 Å². The lowest BCUT2D eigenvalue weighted by atomic mass is 10.2. The van der Waals surface area contributed by atoms with E-state index in [1.807, 2.05) is 0 Å². The van der Waals surface area contributed by atoms with Crippen molar-refractivity contribution in [3.05, 3.63) is 70.3 Å². The quantitative estimate of drug-likeness (QED) is 0.347. The zero-order valence-corrected chi connectivity index (χ0v) is 14.7. The second kappa shape index (κ2) is 9.14. The fraction of sp³-hybridized carbons (Fsp3) is 0.158. The highest BCUT2D eigenvalue weighted by Gasteiger charge is 2.20. The molecule has 0 unspecified atom stereocenters. The van der Waals surface area contributed by atoms with Crippen LogP contribution in [0.15, 0.2) is 54.6 Å². The van der Waals surface area contributed by atoms with Crippen LogP contribution < -0.4 is 10.1 Å². The molecular weight excluding hydrogens is 352 g/mol. The first-order valence-electron chi connectivity index (χ1n) is 7.97. The molecule has 0 spiro atoms. The topological polar surface area (TPSA) is 108 Å². The predicted molar refractivity (Wildman–Crippen MR) is 99.3 cm³/mol. The number of esters is 1. The van der Waals surface area contributed by atoms with E-state index in [-0.39, 0.29) is 11.4 Å². The Morgan fingerprint density at radius 3 is 2.44 bits per heavy atom. The van der Waals surface area contributed by atoms with Crippen molar-refractivity contribution in [2.75, 3.05) is 12.4 Å². The van der Waals surface area contributed by atoms with Crippen LogP contribution in [-0.2, 0) is 14.3 Å². The normalized spacial score (nSPS) is 11.6. The number of carbonyl (C=O) groups excluding carboxylic acids is 2. The molecule has 0 radical (unpaired) electrons. The van der Waals surface area contributed by atoms with Gasteiger partial charge < -0.3 is 14.8 Å². The Morgan fingerprint density at radius 2 is 1.81 bits per heavy atom. The molecule has 2 aromatic rings. The Labute approximate surface area is 155 Å². The number of nitro benzene ring substituents is 1. The first-order chi connectivity index (χ1) is 12.9. The number of amides is 1. The maximum Gasteiger partial charge on any atom is 0.331 e. The summed E-state index contributed by atoms with van der Waals surface area (Å²) in [6.45, 7) is 1.38. The Kier molecular flexibility index (Phi) is 6.65. The van der Waals surface area contributed by atoms with Gasteiger partial charge in [-0.1, -0.05) is 24.3 Å². The average molecular weight is 370 g/mol. The van der Waals surface area contributed by atoms with Gasteiger partial charge >= 0.3 is 5.97 Å². The molecule has 2 rings (SSSR count). The van der Waals surface area contributed by atoms with Crippen molar-refractivity contribution in [1.29, 1.82) is 0 Å². The van der Waals surface area contributed by atoms with Gasteiger partial charge in [0.1, 0.15) is 11.4 Å². The van der Waals surface area contributed by atoms with E-state index in [9.17, 15) is 19.7 Å². The molecule has 0 bridgehead atoms. The summed E-state index contributed by atoms with van der Waals surface area (Å²) < 4.78 is 10.1. The molecule has 0 aliphatic rings. The number of methoxy groups -OCH3 is 1. The number of carbonyl (C=O) groups is 2. The minimum absolute atomic E-state index is 0.0316. The van der Waals surface area contributed by atoms with E-state index < -0.39 is 22.9 Å². The molecule has 1 amide bonds. The van der Waals surface area contributed by atoms with Crippen molar-refractivity contribution in [2.24, 2.45) is 0 Å². The molecule has 0 fully saturated rings. The van der Waals surface area contributed by atoms with Gasteiger partial charge in [0.25, 0.3) is 11.6 Å². The number of anilines is 1. The molecule has 8 heteroatoms. The second-order valence-corrected chi connectivity index (χ2v) is 5.45. The minimum Gasteiger partial charge on any atom is -0.497 e. The molecule has 0 heterocycles. The fourth-order valence-electron chi connectivity index (χ4n) is 2.12. The third-order valence-electron chi connectivity index (χ3n) is 3.55. The van der Waals surface area contributed by atoms with Crippen LogP contribution >= 0.6 is 0 Å². The first kappa shape index (κ1) is 19.6. The molecule has 8 nitrogen and oxygen atoms in total. The number of para-hydroxylation sites is 2. The predicted octanol–water partition coefficient (Wildman–Crippen LogP) is 3.19. The van der Waals surface area contributed by atoms with Gasteiger partial charge in [-0.05, 0) is 36.8 Å². The van der Waals surface area contributed by atoms with E-state index >= 15 is 0 Å². The van der Waals surface area contributed by atoms with E-state index in [0.717, 1.165) is 5.56 Å². The van der Waals surface area contributed by atoms with Crippen molar-refractivity contribution in [2.45, 2.75) is 13.0 Å². The number of benzene rings is 2. The number of nitrogens with one attached hydrogen (secondary N) is 1. The van der Waals surface area contributed by atoms with Gasteiger partial charge in [-0.3, -0.25) is 14.9 Å². The SMILES string of the molecule is COc1ccc(/C=C/C(=O)O[C@H](C)C(=O)Nc2ccccc2[N+](=O)[O-])cc1. The number of ether oxygens (including phenoxy) is 2. The van der Waals surface area contributed by atoms with Gasteiger partial charge in [-0.2, -0.15) is 0 Å². The van der Waals surface area contributed by atoms with E-state index in [0.29, 0.717) is 5.75 Å². The van der Waals surface area contributed by atoms with Crippen molar-refractivity contribution in [3.63, 3.8) is 0 Å². The summed E-state index contributed by atoms with van der Waals surface area (Å²) in [5, 5.41) is 13.4. The minimum atomic E-state index is -1.13. The van der Waals surface area contributed by atoms with E-state index in [2.05, 4.69) is 5.32 Å². The highest BCUT2D eigenvalue weighted by Crippen LogP contribution is 2.23. The fourth-order valence-corrected chi connectivity index (χ4v) is 2.12. The second-order valence-electron chi connectivity index (χ2n) is 5.45. The van der Waals surface area contributed by atoms with Crippen molar-refractivity contribution >= 4 is 29.3 Å². The lowest BCUT2D eigenvalue weighted by molar-refractivity contribution is -0.383. The Hall–Kier alpha value is -3.68. The van der Waals surface area contributed by atoms with E-state index in [1.54, 1.807) is 37.4 Å². The first-order valence-corrected chi connectivity index (χ1v) is 7.97. The molecule has 0 aliphatic carbocycles. The summed E-state index contributed by atoms with van der Waals surface area (Å²) in [6.07, 6.45) is 1.60. The van der Waals surface area contributed by atoms with Crippen LogP contribution in [0.4, 0.5) is 11.4 Å². The Bertz CT molecular complexity index is 861. The summed E-state index contributed by atoms with van der Waals surface area (Å²) in [6, 6.07) is 12.7. The molecule has 0 aromatic heterocycles. The van der Waals surface area contributed by atoms with Crippen LogP contribution in [0.2, 0.25) is 0 Å². The zero-order valence-electron chi connectivity index (χ0n) is 14.7. The van der Waals surface area contributed by atoms with Crippen LogP contribution in [0.1, 0.15) is 12.5 Å². The van der Waals surface area contributed by atoms with Crippen LogP contribution in [0.5, 0.6) is 5.75 Å². The third-order valence-corrected chi connectivity index (χ3v) is 3.55. The van der Waals surface area contributed by atoms with Crippen LogP contribution in [0, 0.1) is 10.1 Å². The summed E-state index contributed by atoms with van der Waals surface area (Å²) in [7, 11) is 1.55. The number of hydrogen-bond donors (Lipinski definition) is 1. The summed E-state index contributed by atoms with van der Waals surface area (Å²) in [5.74, 6) is -0.693. The molecule has 140 valence electrons. The molecule has 0 saturated carbocycles. The summed E-state index contributed by atoms with van der Waals surface area (Å²) in [5.41, 5.74) is 0.540. The lowest BCUT2D eigenvalue weighted by Crippen LogP contribution is -2.29. The number of hydrogen-bond acceptors (Lipinski definition) is 6. The molecule has 2 aromatic carbocycles. The smallest absolute Gasteiger partial charge is 0.331 e. The maximum absolute atomic E-state index is 12.1. The monoisotopic (exact) mass is 370 g/mol. The maximum atomic E-state index is 12.1. The largest absolute Gasteiger partial charge is 0.497 e. The molecule has 1 N–H and O–H groups in total.